The monoisotopic (exact) mass is 504 g/mol. The molecule has 7 nitrogen and oxygen atoms in total. The van der Waals surface area contributed by atoms with E-state index in [1.54, 1.807) is 0 Å². The number of rotatable bonds is 6. The Kier molecular flexibility index (Phi) is 10.4. The van der Waals surface area contributed by atoms with Crippen molar-refractivity contribution in [3.63, 3.8) is 0 Å². The van der Waals surface area contributed by atoms with Crippen LogP contribution in [0.3, 0.4) is 0 Å². The zero-order chi connectivity index (χ0) is 18.9. The van der Waals surface area contributed by atoms with E-state index in [0.29, 0.717) is 12.1 Å². The zero-order valence-electron chi connectivity index (χ0n) is 17.4. The summed E-state index contributed by atoms with van der Waals surface area (Å²) < 4.78 is 7.92. The minimum absolute atomic E-state index is 0. The van der Waals surface area contributed by atoms with Gasteiger partial charge in [-0.05, 0) is 25.7 Å². The molecule has 0 bridgehead atoms. The molecule has 0 amide bonds. The maximum atomic E-state index is 6.06. The zero-order valence-corrected chi connectivity index (χ0v) is 19.7. The van der Waals surface area contributed by atoms with Crippen LogP contribution in [-0.4, -0.2) is 61.2 Å². The van der Waals surface area contributed by atoms with Gasteiger partial charge in [-0.1, -0.05) is 25.7 Å². The lowest BCUT2D eigenvalue weighted by Crippen LogP contribution is -2.51. The summed E-state index contributed by atoms with van der Waals surface area (Å²) in [6.07, 6.45) is 14.6. The van der Waals surface area contributed by atoms with E-state index in [2.05, 4.69) is 31.8 Å². The third kappa shape index (κ3) is 7.42. The fourth-order valence-electron chi connectivity index (χ4n) is 4.09. The van der Waals surface area contributed by atoms with Crippen LogP contribution in [0.15, 0.2) is 17.4 Å². The molecule has 2 aliphatic rings. The van der Waals surface area contributed by atoms with Gasteiger partial charge >= 0.3 is 0 Å². The van der Waals surface area contributed by atoms with E-state index < -0.39 is 0 Å². The second-order valence-corrected chi connectivity index (χ2v) is 7.79. The summed E-state index contributed by atoms with van der Waals surface area (Å²) >= 11 is 0. The average Bonchev–Trinajstić information content (AvgIpc) is 2.96. The maximum absolute atomic E-state index is 6.06. The van der Waals surface area contributed by atoms with Gasteiger partial charge in [0.05, 0.1) is 24.6 Å². The highest BCUT2D eigenvalue weighted by atomic mass is 127. The molecule has 28 heavy (non-hydrogen) atoms. The van der Waals surface area contributed by atoms with Crippen LogP contribution in [0.2, 0.25) is 0 Å². The number of anilines is 1. The Labute approximate surface area is 186 Å². The van der Waals surface area contributed by atoms with Crippen LogP contribution in [0.25, 0.3) is 0 Å². The van der Waals surface area contributed by atoms with Crippen molar-refractivity contribution in [2.45, 2.75) is 63.5 Å². The number of ether oxygens (including phenoxy) is 1. The number of nitrogens with zero attached hydrogens (tertiary/aromatic N) is 4. The summed E-state index contributed by atoms with van der Waals surface area (Å²) in [5.41, 5.74) is 1.20. The third-order valence-electron chi connectivity index (χ3n) is 5.59. The molecule has 1 unspecified atom stereocenters. The Morgan fingerprint density at radius 1 is 1.21 bits per heavy atom. The van der Waals surface area contributed by atoms with Crippen LogP contribution in [0.5, 0.6) is 0 Å². The molecule has 1 saturated carbocycles. The van der Waals surface area contributed by atoms with Crippen LogP contribution in [0.1, 0.15) is 51.4 Å². The molecule has 160 valence electrons. The number of nitrogens with one attached hydrogen (secondary N) is 2. The van der Waals surface area contributed by atoms with Crippen LogP contribution in [0, 0.1) is 0 Å². The number of aromatic nitrogens is 2. The summed E-state index contributed by atoms with van der Waals surface area (Å²) in [6, 6.07) is 0.396. The van der Waals surface area contributed by atoms with Gasteiger partial charge in [-0.3, -0.25) is 9.67 Å². The van der Waals surface area contributed by atoms with Crippen molar-refractivity contribution in [1.82, 2.24) is 20.4 Å². The van der Waals surface area contributed by atoms with Crippen molar-refractivity contribution in [1.29, 1.82) is 0 Å². The number of hydrogen-bond acceptors (Lipinski definition) is 4. The first kappa shape index (κ1) is 23.3. The van der Waals surface area contributed by atoms with Crippen molar-refractivity contribution in [3.8, 4) is 0 Å². The Hall–Kier alpha value is -1.03. The molecule has 1 aromatic heterocycles. The molecule has 1 aliphatic carbocycles. The Balaban J connectivity index is 0.00000280. The molecule has 0 aromatic carbocycles. The molecule has 1 atom stereocenters. The predicted molar refractivity (Wildman–Crippen MR) is 126 cm³/mol. The third-order valence-corrected chi connectivity index (χ3v) is 5.59. The molecule has 0 spiro atoms. The van der Waals surface area contributed by atoms with Gasteiger partial charge in [0, 0.05) is 46.0 Å². The molecular weight excluding hydrogens is 467 g/mol. The Morgan fingerprint density at radius 2 is 2.00 bits per heavy atom. The van der Waals surface area contributed by atoms with Crippen LogP contribution in [0.4, 0.5) is 5.69 Å². The van der Waals surface area contributed by atoms with E-state index in [4.69, 9.17) is 4.74 Å². The number of aliphatic imine (C=N–C) groups is 1. The first-order valence-corrected chi connectivity index (χ1v) is 10.6. The van der Waals surface area contributed by atoms with Gasteiger partial charge in [0.15, 0.2) is 5.96 Å². The molecule has 2 heterocycles. The molecule has 1 aliphatic heterocycles. The van der Waals surface area contributed by atoms with Gasteiger partial charge in [0.2, 0.25) is 0 Å². The normalized spacial score (nSPS) is 21.7. The van der Waals surface area contributed by atoms with Gasteiger partial charge in [-0.15, -0.1) is 24.0 Å². The van der Waals surface area contributed by atoms with Gasteiger partial charge < -0.3 is 20.3 Å². The van der Waals surface area contributed by atoms with Crippen LogP contribution >= 0.6 is 24.0 Å². The fraction of sp³-hybridized carbons (Fsp3) is 0.800. The van der Waals surface area contributed by atoms with E-state index in [0.717, 1.165) is 38.6 Å². The Bertz CT molecular complexity index is 585. The smallest absolute Gasteiger partial charge is 0.191 e. The van der Waals surface area contributed by atoms with Gasteiger partial charge in [-0.25, -0.2) is 0 Å². The van der Waals surface area contributed by atoms with Crippen molar-refractivity contribution in [2.75, 3.05) is 38.2 Å². The van der Waals surface area contributed by atoms with Crippen molar-refractivity contribution < 1.29 is 4.74 Å². The molecular formula is C20H37IN6O. The molecule has 0 radical (unpaired) electrons. The lowest BCUT2D eigenvalue weighted by atomic mass is 10.1. The molecule has 3 rings (SSSR count). The lowest BCUT2D eigenvalue weighted by molar-refractivity contribution is 0.0468. The molecule has 2 fully saturated rings. The minimum Gasteiger partial charge on any atom is -0.376 e. The van der Waals surface area contributed by atoms with Crippen molar-refractivity contribution in [2.24, 2.45) is 12.0 Å². The highest BCUT2D eigenvalue weighted by Crippen LogP contribution is 2.20. The SMILES string of the molecule is CN=C(NCCOC1CCCCCC1)NC1CCCN(c2cnn(C)c2)C1.I. The summed E-state index contributed by atoms with van der Waals surface area (Å²) in [5.74, 6) is 0.873. The average molecular weight is 504 g/mol. The Morgan fingerprint density at radius 3 is 2.68 bits per heavy atom. The minimum atomic E-state index is 0. The van der Waals surface area contributed by atoms with E-state index in [-0.39, 0.29) is 24.0 Å². The highest BCUT2D eigenvalue weighted by molar-refractivity contribution is 14.0. The molecule has 8 heteroatoms. The first-order valence-electron chi connectivity index (χ1n) is 10.6. The maximum Gasteiger partial charge on any atom is 0.191 e. The summed E-state index contributed by atoms with van der Waals surface area (Å²) in [5, 5.41) is 11.3. The first-order chi connectivity index (χ1) is 13.2. The number of hydrogen-bond donors (Lipinski definition) is 2. The standard InChI is InChI=1S/C20H36N6O.HI/c1-21-20(22-11-13-27-19-9-5-3-4-6-10-19)24-17-8-7-12-26(15-17)18-14-23-25(2)16-18;/h14,16-17,19H,3-13,15H2,1-2H3,(H2,21,22,24);1H. The van der Waals surface area contributed by atoms with Gasteiger partial charge in [0.25, 0.3) is 0 Å². The van der Waals surface area contributed by atoms with E-state index in [1.807, 2.05) is 25.0 Å². The molecule has 1 aromatic rings. The van der Waals surface area contributed by atoms with Crippen LogP contribution in [-0.2, 0) is 11.8 Å². The summed E-state index contributed by atoms with van der Waals surface area (Å²) in [4.78, 5) is 6.79. The predicted octanol–water partition coefficient (Wildman–Crippen LogP) is 2.91. The quantitative estimate of drug-likeness (QED) is 0.205. The fourth-order valence-corrected chi connectivity index (χ4v) is 4.09. The second-order valence-electron chi connectivity index (χ2n) is 7.79. The van der Waals surface area contributed by atoms with Crippen molar-refractivity contribution in [3.05, 3.63) is 12.4 Å². The second kappa shape index (κ2) is 12.5. The van der Waals surface area contributed by atoms with E-state index >= 15 is 0 Å². The van der Waals surface area contributed by atoms with E-state index in [9.17, 15) is 0 Å². The van der Waals surface area contributed by atoms with Gasteiger partial charge in [0.1, 0.15) is 0 Å². The lowest BCUT2D eigenvalue weighted by Gasteiger charge is -2.34. The topological polar surface area (TPSA) is 66.7 Å². The number of guanidine groups is 1. The highest BCUT2D eigenvalue weighted by Gasteiger charge is 2.21. The number of aryl methyl sites for hydroxylation is 1. The number of halogens is 1. The van der Waals surface area contributed by atoms with Crippen molar-refractivity contribution >= 4 is 35.6 Å². The van der Waals surface area contributed by atoms with Gasteiger partial charge in [-0.2, -0.15) is 5.10 Å². The van der Waals surface area contributed by atoms with E-state index in [1.165, 1.54) is 50.6 Å². The largest absolute Gasteiger partial charge is 0.376 e. The van der Waals surface area contributed by atoms with Crippen LogP contribution < -0.4 is 15.5 Å². The number of piperidine rings is 1. The molecule has 2 N–H and O–H groups in total. The molecule has 1 saturated heterocycles. The summed E-state index contributed by atoms with van der Waals surface area (Å²) in [7, 11) is 3.80. The summed E-state index contributed by atoms with van der Waals surface area (Å²) in [6.45, 7) is 3.61.